The summed E-state index contributed by atoms with van der Waals surface area (Å²) in [6.07, 6.45) is -3.31. The molecule has 0 aliphatic heterocycles. The topological polar surface area (TPSA) is 77.4 Å². The second-order valence-electron chi connectivity index (χ2n) is 5.59. The van der Waals surface area contributed by atoms with E-state index in [1.54, 1.807) is 0 Å². The van der Waals surface area contributed by atoms with E-state index in [4.69, 9.17) is 16.3 Å². The van der Waals surface area contributed by atoms with Crippen LogP contribution in [0, 0.1) is 0 Å². The quantitative estimate of drug-likeness (QED) is 0.611. The zero-order valence-corrected chi connectivity index (χ0v) is 14.9. The lowest BCUT2D eigenvalue weighted by Crippen LogP contribution is -2.23. The van der Waals surface area contributed by atoms with E-state index in [9.17, 15) is 27.6 Å². The Morgan fingerprint density at radius 3 is 2.44 bits per heavy atom. The number of hydrogen-bond donors (Lipinski definition) is 1. The van der Waals surface area contributed by atoms with Crippen molar-refractivity contribution in [2.24, 2.45) is 7.05 Å². The van der Waals surface area contributed by atoms with Gasteiger partial charge in [-0.25, -0.2) is 4.79 Å². The predicted molar refractivity (Wildman–Crippen MR) is 90.8 cm³/mol. The molecule has 0 saturated heterocycles. The number of anilines is 1. The van der Waals surface area contributed by atoms with Crippen molar-refractivity contribution in [1.82, 2.24) is 4.57 Å². The molecule has 2 aromatic rings. The average Bonchev–Trinajstić information content (AvgIpc) is 2.95. The van der Waals surface area contributed by atoms with Crippen molar-refractivity contribution in [3.63, 3.8) is 0 Å². The number of halogens is 4. The fourth-order valence-electron chi connectivity index (χ4n) is 2.21. The van der Waals surface area contributed by atoms with Crippen molar-refractivity contribution < 1.29 is 32.3 Å². The summed E-state index contributed by atoms with van der Waals surface area (Å²) in [4.78, 5) is 35.2. The molecule has 6 nitrogen and oxygen atoms in total. The van der Waals surface area contributed by atoms with E-state index in [0.29, 0.717) is 6.07 Å². The van der Waals surface area contributed by atoms with Crippen molar-refractivity contribution in [1.29, 1.82) is 0 Å². The second-order valence-corrected chi connectivity index (χ2v) is 6.03. The van der Waals surface area contributed by atoms with Gasteiger partial charge in [0.2, 0.25) is 0 Å². The Kier molecular flexibility index (Phi) is 5.94. The lowest BCUT2D eigenvalue weighted by molar-refractivity contribution is -0.137. The van der Waals surface area contributed by atoms with Gasteiger partial charge in [-0.3, -0.25) is 9.59 Å². The highest BCUT2D eigenvalue weighted by Crippen LogP contribution is 2.36. The Morgan fingerprint density at radius 1 is 1.22 bits per heavy atom. The molecule has 1 heterocycles. The highest BCUT2D eigenvalue weighted by Gasteiger charge is 2.34. The van der Waals surface area contributed by atoms with Crippen LogP contribution in [0.1, 0.15) is 33.3 Å². The summed E-state index contributed by atoms with van der Waals surface area (Å²) in [6, 6.07) is 4.16. The molecule has 0 bridgehead atoms. The SMILES string of the molecule is CC(=O)c1cc(C(=O)OCC(=O)Nc2ccc(Cl)cc2C(F)(F)F)n(C)c1. The maximum Gasteiger partial charge on any atom is 0.418 e. The summed E-state index contributed by atoms with van der Waals surface area (Å²) in [7, 11) is 1.51. The van der Waals surface area contributed by atoms with E-state index in [1.807, 2.05) is 5.32 Å². The Bertz CT molecular complexity index is 906. The number of aryl methyl sites for hydroxylation is 1. The number of nitrogens with one attached hydrogen (secondary N) is 1. The summed E-state index contributed by atoms with van der Waals surface area (Å²) in [5.74, 6) is -2.12. The molecular weight excluding hydrogens is 389 g/mol. The molecule has 0 fully saturated rings. The van der Waals surface area contributed by atoms with Crippen molar-refractivity contribution in [2.45, 2.75) is 13.1 Å². The van der Waals surface area contributed by atoms with Crippen LogP contribution in [0.25, 0.3) is 0 Å². The molecule has 0 radical (unpaired) electrons. The van der Waals surface area contributed by atoms with Crippen LogP contribution in [0.4, 0.5) is 18.9 Å². The van der Waals surface area contributed by atoms with Crippen LogP contribution in [0.15, 0.2) is 30.5 Å². The molecule has 0 saturated carbocycles. The van der Waals surface area contributed by atoms with Gasteiger partial charge in [-0.2, -0.15) is 13.2 Å². The van der Waals surface area contributed by atoms with E-state index in [2.05, 4.69) is 0 Å². The molecule has 1 amide bonds. The molecular formula is C17H14ClF3N2O4. The standard InChI is InChI=1S/C17H14ClF3N2O4/c1-9(24)10-5-14(23(2)7-10)16(26)27-8-15(25)22-13-4-3-11(18)6-12(13)17(19,20)21/h3-7H,8H2,1-2H3,(H,22,25). The number of aromatic nitrogens is 1. The molecule has 1 aromatic carbocycles. The van der Waals surface area contributed by atoms with E-state index in [0.717, 1.165) is 6.07 Å². The number of alkyl halides is 3. The minimum absolute atomic E-state index is 0.0236. The molecule has 0 unspecified atom stereocenters. The van der Waals surface area contributed by atoms with Crippen LogP contribution in [-0.2, 0) is 22.8 Å². The van der Waals surface area contributed by atoms with Gasteiger partial charge in [0.25, 0.3) is 5.91 Å². The zero-order chi connectivity index (χ0) is 20.4. The van der Waals surface area contributed by atoms with Gasteiger partial charge in [0.05, 0.1) is 11.3 Å². The van der Waals surface area contributed by atoms with Crippen molar-refractivity contribution >= 4 is 34.9 Å². The van der Waals surface area contributed by atoms with Gasteiger partial charge in [0.15, 0.2) is 12.4 Å². The Balaban J connectivity index is 2.05. The van der Waals surface area contributed by atoms with Crippen LogP contribution in [0.3, 0.4) is 0 Å². The molecule has 0 aliphatic carbocycles. The van der Waals surface area contributed by atoms with Gasteiger partial charge < -0.3 is 14.6 Å². The molecule has 0 atom stereocenters. The van der Waals surface area contributed by atoms with E-state index < -0.39 is 35.9 Å². The third kappa shape index (κ3) is 5.10. The second kappa shape index (κ2) is 7.83. The largest absolute Gasteiger partial charge is 0.451 e. The number of nitrogens with zero attached hydrogens (tertiary/aromatic N) is 1. The maximum atomic E-state index is 13.0. The highest BCUT2D eigenvalue weighted by molar-refractivity contribution is 6.30. The lowest BCUT2D eigenvalue weighted by Gasteiger charge is -2.14. The first-order valence-corrected chi connectivity index (χ1v) is 7.88. The van der Waals surface area contributed by atoms with E-state index >= 15 is 0 Å². The maximum absolute atomic E-state index is 13.0. The van der Waals surface area contributed by atoms with Crippen molar-refractivity contribution in [3.8, 4) is 0 Å². The van der Waals surface area contributed by atoms with Crippen LogP contribution in [-0.4, -0.2) is 28.8 Å². The molecule has 1 aromatic heterocycles. The van der Waals surface area contributed by atoms with Gasteiger partial charge in [-0.05, 0) is 31.2 Å². The fraction of sp³-hybridized carbons (Fsp3) is 0.235. The van der Waals surface area contributed by atoms with Crippen molar-refractivity contribution in [2.75, 3.05) is 11.9 Å². The van der Waals surface area contributed by atoms with Crippen LogP contribution >= 0.6 is 11.6 Å². The summed E-state index contributed by atoms with van der Waals surface area (Å²) in [5, 5.41) is 1.89. The van der Waals surface area contributed by atoms with E-state index in [-0.39, 0.29) is 22.1 Å². The van der Waals surface area contributed by atoms with Crippen LogP contribution in [0.2, 0.25) is 5.02 Å². The van der Waals surface area contributed by atoms with Gasteiger partial charge in [0.1, 0.15) is 5.69 Å². The van der Waals surface area contributed by atoms with Gasteiger partial charge in [-0.15, -0.1) is 0 Å². The highest BCUT2D eigenvalue weighted by atomic mass is 35.5. The number of amides is 1. The van der Waals surface area contributed by atoms with E-state index in [1.165, 1.54) is 36.9 Å². The zero-order valence-electron chi connectivity index (χ0n) is 14.2. The summed E-state index contributed by atoms with van der Waals surface area (Å²) < 4.78 is 45.1. The number of hydrogen-bond acceptors (Lipinski definition) is 4. The summed E-state index contributed by atoms with van der Waals surface area (Å²) in [6.45, 7) is 0.515. The molecule has 10 heteroatoms. The molecule has 0 aliphatic rings. The number of ether oxygens (including phenoxy) is 1. The minimum Gasteiger partial charge on any atom is -0.451 e. The third-order valence-corrected chi connectivity index (χ3v) is 3.75. The van der Waals surface area contributed by atoms with Gasteiger partial charge in [-0.1, -0.05) is 11.6 Å². The first-order valence-electron chi connectivity index (χ1n) is 7.50. The summed E-state index contributed by atoms with van der Waals surface area (Å²) >= 11 is 5.56. The molecule has 1 N–H and O–H groups in total. The smallest absolute Gasteiger partial charge is 0.418 e. The number of ketones is 1. The van der Waals surface area contributed by atoms with Crippen molar-refractivity contribution in [3.05, 3.63) is 52.3 Å². The number of carbonyl (C=O) groups excluding carboxylic acids is 3. The van der Waals surface area contributed by atoms with Crippen LogP contribution in [0.5, 0.6) is 0 Å². The van der Waals surface area contributed by atoms with Crippen LogP contribution < -0.4 is 5.32 Å². The Morgan fingerprint density at radius 2 is 1.89 bits per heavy atom. The minimum atomic E-state index is -4.73. The molecule has 27 heavy (non-hydrogen) atoms. The number of carbonyl (C=O) groups is 3. The number of Topliss-reactive ketones (excluding diaryl/α,β-unsaturated/α-hetero) is 1. The third-order valence-electron chi connectivity index (χ3n) is 3.52. The normalized spacial score (nSPS) is 11.2. The average molecular weight is 403 g/mol. The first-order chi connectivity index (χ1) is 12.5. The summed E-state index contributed by atoms with van der Waals surface area (Å²) in [5.41, 5.74) is -1.32. The Labute approximate surface area is 156 Å². The number of rotatable bonds is 5. The first kappa shape index (κ1) is 20.5. The molecule has 144 valence electrons. The predicted octanol–water partition coefficient (Wildman–Crippen LogP) is 3.70. The fourth-order valence-corrected chi connectivity index (χ4v) is 2.38. The molecule has 0 spiro atoms. The monoisotopic (exact) mass is 402 g/mol. The number of esters is 1. The van der Waals surface area contributed by atoms with Gasteiger partial charge in [0, 0.05) is 23.8 Å². The number of benzene rings is 1. The molecule has 2 rings (SSSR count). The Hall–Kier alpha value is -2.81. The van der Waals surface area contributed by atoms with Gasteiger partial charge >= 0.3 is 12.1 Å². The lowest BCUT2D eigenvalue weighted by atomic mass is 10.1.